The zero-order valence-corrected chi connectivity index (χ0v) is 14.7. The van der Waals surface area contributed by atoms with E-state index < -0.39 is 0 Å². The lowest BCUT2D eigenvalue weighted by Gasteiger charge is -2.31. The SMILES string of the molecule is Cc1nn(C)cc1CNc1ccccc1CN1CCC(CO)CC1. The number of aliphatic hydroxyl groups excluding tert-OH is 1. The minimum atomic E-state index is 0.330. The molecule has 2 heterocycles. The van der Waals surface area contributed by atoms with E-state index in [0.29, 0.717) is 12.5 Å². The molecule has 0 amide bonds. The van der Waals surface area contributed by atoms with Gasteiger partial charge in [-0.25, -0.2) is 0 Å². The Morgan fingerprint density at radius 3 is 2.62 bits per heavy atom. The summed E-state index contributed by atoms with van der Waals surface area (Å²) in [5.41, 5.74) is 4.84. The van der Waals surface area contributed by atoms with E-state index in [2.05, 4.69) is 45.8 Å². The van der Waals surface area contributed by atoms with Gasteiger partial charge in [-0.1, -0.05) is 18.2 Å². The number of anilines is 1. The highest BCUT2D eigenvalue weighted by atomic mass is 16.3. The number of nitrogens with one attached hydrogen (secondary N) is 1. The number of hydrogen-bond donors (Lipinski definition) is 2. The molecule has 0 unspecified atom stereocenters. The van der Waals surface area contributed by atoms with Gasteiger partial charge in [0.15, 0.2) is 0 Å². The second kappa shape index (κ2) is 7.81. The van der Waals surface area contributed by atoms with Crippen molar-refractivity contribution in [3.63, 3.8) is 0 Å². The van der Waals surface area contributed by atoms with Gasteiger partial charge in [-0.15, -0.1) is 0 Å². The summed E-state index contributed by atoms with van der Waals surface area (Å²) in [7, 11) is 1.96. The summed E-state index contributed by atoms with van der Waals surface area (Å²) in [5, 5.41) is 17.3. The van der Waals surface area contributed by atoms with Crippen LogP contribution in [0.25, 0.3) is 0 Å². The molecule has 5 heteroatoms. The molecule has 0 radical (unpaired) electrons. The van der Waals surface area contributed by atoms with Crippen LogP contribution in [-0.2, 0) is 20.1 Å². The highest BCUT2D eigenvalue weighted by Gasteiger charge is 2.19. The zero-order valence-electron chi connectivity index (χ0n) is 14.7. The summed E-state index contributed by atoms with van der Waals surface area (Å²) < 4.78 is 1.86. The van der Waals surface area contributed by atoms with Crippen molar-refractivity contribution in [3.05, 3.63) is 47.3 Å². The van der Waals surface area contributed by atoms with Crippen LogP contribution in [0.15, 0.2) is 30.5 Å². The van der Waals surface area contributed by atoms with Gasteiger partial charge in [-0.2, -0.15) is 5.10 Å². The summed E-state index contributed by atoms with van der Waals surface area (Å²) in [5.74, 6) is 0.489. The summed E-state index contributed by atoms with van der Waals surface area (Å²) in [6.07, 6.45) is 4.27. The fourth-order valence-corrected chi connectivity index (χ4v) is 3.41. The number of rotatable bonds is 6. The Morgan fingerprint density at radius 1 is 1.21 bits per heavy atom. The van der Waals surface area contributed by atoms with Crippen LogP contribution in [0.2, 0.25) is 0 Å². The maximum absolute atomic E-state index is 9.28. The smallest absolute Gasteiger partial charge is 0.0643 e. The Labute approximate surface area is 144 Å². The highest BCUT2D eigenvalue weighted by molar-refractivity contribution is 5.51. The molecule has 0 atom stereocenters. The van der Waals surface area contributed by atoms with Gasteiger partial charge in [0.25, 0.3) is 0 Å². The van der Waals surface area contributed by atoms with Crippen LogP contribution in [0.3, 0.4) is 0 Å². The molecule has 24 heavy (non-hydrogen) atoms. The maximum Gasteiger partial charge on any atom is 0.0643 e. The quantitative estimate of drug-likeness (QED) is 0.856. The number of likely N-dealkylation sites (tertiary alicyclic amines) is 1. The van der Waals surface area contributed by atoms with Crippen LogP contribution < -0.4 is 5.32 Å². The summed E-state index contributed by atoms with van der Waals surface area (Å²) >= 11 is 0. The average molecular weight is 328 g/mol. The monoisotopic (exact) mass is 328 g/mol. The lowest BCUT2D eigenvalue weighted by molar-refractivity contribution is 0.127. The fraction of sp³-hybridized carbons (Fsp3) is 0.526. The standard InChI is InChI=1S/C19H28N4O/c1-15-18(12-22(2)21-15)11-20-19-6-4-3-5-17(19)13-23-9-7-16(14-24)8-10-23/h3-6,12,16,20,24H,7-11,13-14H2,1-2H3. The minimum absolute atomic E-state index is 0.330. The van der Waals surface area contributed by atoms with E-state index in [0.717, 1.165) is 44.7 Å². The van der Waals surface area contributed by atoms with Gasteiger partial charge in [0.05, 0.1) is 5.69 Å². The molecular weight excluding hydrogens is 300 g/mol. The first kappa shape index (κ1) is 17.0. The molecule has 0 bridgehead atoms. The number of hydrogen-bond acceptors (Lipinski definition) is 4. The van der Waals surface area contributed by atoms with Crippen LogP contribution in [0.5, 0.6) is 0 Å². The molecule has 0 saturated carbocycles. The first-order valence-corrected chi connectivity index (χ1v) is 8.80. The Balaban J connectivity index is 1.62. The van der Waals surface area contributed by atoms with Gasteiger partial charge >= 0.3 is 0 Å². The van der Waals surface area contributed by atoms with E-state index in [1.165, 1.54) is 16.8 Å². The van der Waals surface area contributed by atoms with Crippen LogP contribution >= 0.6 is 0 Å². The topological polar surface area (TPSA) is 53.3 Å². The second-order valence-corrected chi connectivity index (χ2v) is 6.83. The molecule has 1 aromatic heterocycles. The number of nitrogens with zero attached hydrogens (tertiary/aromatic N) is 3. The van der Waals surface area contributed by atoms with Crippen LogP contribution in [0.4, 0.5) is 5.69 Å². The fourth-order valence-electron chi connectivity index (χ4n) is 3.41. The highest BCUT2D eigenvalue weighted by Crippen LogP contribution is 2.22. The number of aryl methyl sites for hydroxylation is 2. The van der Waals surface area contributed by atoms with Gasteiger partial charge in [-0.05, 0) is 50.4 Å². The molecule has 5 nitrogen and oxygen atoms in total. The van der Waals surface area contributed by atoms with Gasteiger partial charge in [0.1, 0.15) is 0 Å². The van der Waals surface area contributed by atoms with Gasteiger partial charge in [0, 0.05) is 44.2 Å². The molecule has 3 rings (SSSR count). The van der Waals surface area contributed by atoms with Crippen molar-refractivity contribution in [1.82, 2.24) is 14.7 Å². The predicted molar refractivity (Wildman–Crippen MR) is 96.8 cm³/mol. The Hall–Kier alpha value is -1.85. The molecule has 130 valence electrons. The third-order valence-corrected chi connectivity index (χ3v) is 4.96. The largest absolute Gasteiger partial charge is 0.396 e. The lowest BCUT2D eigenvalue weighted by Crippen LogP contribution is -2.34. The van der Waals surface area contributed by atoms with Crippen molar-refractivity contribution < 1.29 is 5.11 Å². The molecule has 1 aliphatic rings. The van der Waals surface area contributed by atoms with Crippen molar-refractivity contribution in [1.29, 1.82) is 0 Å². The molecule has 1 saturated heterocycles. The van der Waals surface area contributed by atoms with Crippen molar-refractivity contribution in [2.24, 2.45) is 13.0 Å². The Kier molecular flexibility index (Phi) is 5.53. The third kappa shape index (κ3) is 4.16. The molecule has 2 N–H and O–H groups in total. The third-order valence-electron chi connectivity index (χ3n) is 4.96. The number of piperidine rings is 1. The van der Waals surface area contributed by atoms with E-state index in [-0.39, 0.29) is 0 Å². The van der Waals surface area contributed by atoms with Crippen LogP contribution in [0, 0.1) is 12.8 Å². The van der Waals surface area contributed by atoms with Crippen molar-refractivity contribution in [3.8, 4) is 0 Å². The van der Waals surface area contributed by atoms with E-state index in [9.17, 15) is 5.11 Å². The Morgan fingerprint density at radius 2 is 1.96 bits per heavy atom. The normalized spacial score (nSPS) is 16.5. The lowest BCUT2D eigenvalue weighted by atomic mass is 9.97. The summed E-state index contributed by atoms with van der Waals surface area (Å²) in [6.45, 7) is 6.28. The van der Waals surface area contributed by atoms with Gasteiger partial charge < -0.3 is 10.4 Å². The molecule has 0 aliphatic carbocycles. The maximum atomic E-state index is 9.28. The van der Waals surface area contributed by atoms with Gasteiger partial charge in [-0.3, -0.25) is 9.58 Å². The van der Waals surface area contributed by atoms with Crippen LogP contribution in [0.1, 0.15) is 29.7 Å². The van der Waals surface area contributed by atoms with E-state index in [1.807, 2.05) is 18.7 Å². The number of aromatic nitrogens is 2. The minimum Gasteiger partial charge on any atom is -0.396 e. The summed E-state index contributed by atoms with van der Waals surface area (Å²) in [6, 6.07) is 8.55. The number of benzene rings is 1. The molecule has 0 spiro atoms. The number of para-hydroxylation sites is 1. The van der Waals surface area contributed by atoms with Crippen molar-refractivity contribution in [2.45, 2.75) is 32.9 Å². The first-order chi connectivity index (χ1) is 11.7. The van der Waals surface area contributed by atoms with E-state index >= 15 is 0 Å². The molecule has 2 aromatic rings. The van der Waals surface area contributed by atoms with Crippen LogP contribution in [-0.4, -0.2) is 39.5 Å². The predicted octanol–water partition coefficient (Wildman–Crippen LogP) is 2.54. The molecular formula is C19H28N4O. The van der Waals surface area contributed by atoms with E-state index in [4.69, 9.17) is 0 Å². The Bertz CT molecular complexity index is 659. The number of aliphatic hydroxyl groups is 1. The second-order valence-electron chi connectivity index (χ2n) is 6.83. The average Bonchev–Trinajstić information content (AvgIpc) is 2.92. The van der Waals surface area contributed by atoms with Crippen molar-refractivity contribution >= 4 is 5.69 Å². The van der Waals surface area contributed by atoms with Gasteiger partial charge in [0.2, 0.25) is 0 Å². The molecule has 1 aromatic carbocycles. The van der Waals surface area contributed by atoms with Crippen molar-refractivity contribution in [2.75, 3.05) is 25.0 Å². The summed E-state index contributed by atoms with van der Waals surface area (Å²) in [4.78, 5) is 2.49. The molecule has 1 fully saturated rings. The zero-order chi connectivity index (χ0) is 16.9. The molecule has 1 aliphatic heterocycles. The van der Waals surface area contributed by atoms with E-state index in [1.54, 1.807) is 0 Å². The first-order valence-electron chi connectivity index (χ1n) is 8.80.